The Kier molecular flexibility index (Phi) is 6.84. The third-order valence-electron chi connectivity index (χ3n) is 5.27. The molecule has 158 valence electrons. The number of hydrogen-bond donors (Lipinski definition) is 3. The van der Waals surface area contributed by atoms with E-state index in [1.807, 2.05) is 38.1 Å². The molecule has 1 aliphatic rings. The average Bonchev–Trinajstić information content (AvgIpc) is 3.18. The number of amides is 3. The second-order valence-electron chi connectivity index (χ2n) is 7.86. The minimum Gasteiger partial charge on any atom is -0.368 e. The molecule has 0 saturated carbocycles. The normalized spacial score (nSPS) is 16.4. The van der Waals surface area contributed by atoms with Crippen molar-refractivity contribution in [2.45, 2.75) is 39.3 Å². The number of carbonyl (C=O) groups is 3. The molecule has 1 saturated heterocycles. The predicted octanol–water partition coefficient (Wildman–Crippen LogP) is 2.98. The SMILES string of the molecule is CC(C)C(=O)Nc1ccc(C(=O)Nc2ccccc2CN2CCCC2C(N)=O)cc1. The highest BCUT2D eigenvalue weighted by Crippen LogP contribution is 2.24. The van der Waals surface area contributed by atoms with Crippen molar-refractivity contribution in [3.63, 3.8) is 0 Å². The van der Waals surface area contributed by atoms with E-state index < -0.39 is 0 Å². The maximum atomic E-state index is 12.7. The van der Waals surface area contributed by atoms with Gasteiger partial charge in [0.2, 0.25) is 11.8 Å². The van der Waals surface area contributed by atoms with Crippen molar-refractivity contribution >= 4 is 29.1 Å². The Labute approximate surface area is 176 Å². The summed E-state index contributed by atoms with van der Waals surface area (Å²) in [5.41, 5.74) is 8.29. The molecular formula is C23H28N4O3. The van der Waals surface area contributed by atoms with Crippen LogP contribution in [0.1, 0.15) is 42.6 Å². The molecule has 1 fully saturated rings. The summed E-state index contributed by atoms with van der Waals surface area (Å²) in [7, 11) is 0. The summed E-state index contributed by atoms with van der Waals surface area (Å²) in [4.78, 5) is 38.2. The van der Waals surface area contributed by atoms with Gasteiger partial charge in [-0.05, 0) is 55.3 Å². The molecule has 0 bridgehead atoms. The number of nitrogens with zero attached hydrogens (tertiary/aromatic N) is 1. The summed E-state index contributed by atoms with van der Waals surface area (Å²) in [5, 5.41) is 5.76. The molecule has 7 nitrogen and oxygen atoms in total. The van der Waals surface area contributed by atoms with E-state index in [1.165, 1.54) is 0 Å². The standard InChI is InChI=1S/C23H28N4O3/c1-15(2)22(29)25-18-11-9-16(10-12-18)23(30)26-19-7-4-3-6-17(19)14-27-13-5-8-20(27)21(24)28/h3-4,6-7,9-12,15,20H,5,8,13-14H2,1-2H3,(H2,24,28)(H,25,29)(H,26,30). The minimum atomic E-state index is -0.307. The van der Waals surface area contributed by atoms with Crippen LogP contribution in [0.3, 0.4) is 0 Å². The summed E-state index contributed by atoms with van der Waals surface area (Å²) in [6.45, 7) is 4.99. The molecule has 1 unspecified atom stereocenters. The van der Waals surface area contributed by atoms with E-state index in [-0.39, 0.29) is 29.7 Å². The average molecular weight is 409 g/mol. The molecule has 0 aromatic heterocycles. The molecule has 30 heavy (non-hydrogen) atoms. The second-order valence-corrected chi connectivity index (χ2v) is 7.86. The van der Waals surface area contributed by atoms with Crippen molar-refractivity contribution in [3.05, 3.63) is 59.7 Å². The highest BCUT2D eigenvalue weighted by Gasteiger charge is 2.29. The van der Waals surface area contributed by atoms with Crippen molar-refractivity contribution < 1.29 is 14.4 Å². The van der Waals surface area contributed by atoms with E-state index in [4.69, 9.17) is 5.73 Å². The number of benzene rings is 2. The maximum absolute atomic E-state index is 12.7. The van der Waals surface area contributed by atoms with Gasteiger partial charge < -0.3 is 16.4 Å². The van der Waals surface area contributed by atoms with E-state index in [0.29, 0.717) is 23.5 Å². The van der Waals surface area contributed by atoms with Gasteiger partial charge in [0.1, 0.15) is 0 Å². The third-order valence-corrected chi connectivity index (χ3v) is 5.27. The first-order valence-corrected chi connectivity index (χ1v) is 10.2. The van der Waals surface area contributed by atoms with Gasteiger partial charge in [-0.2, -0.15) is 0 Å². The van der Waals surface area contributed by atoms with Gasteiger partial charge >= 0.3 is 0 Å². The third kappa shape index (κ3) is 5.24. The topological polar surface area (TPSA) is 105 Å². The zero-order valence-electron chi connectivity index (χ0n) is 17.4. The largest absolute Gasteiger partial charge is 0.368 e. The van der Waals surface area contributed by atoms with E-state index in [0.717, 1.165) is 24.9 Å². The lowest BCUT2D eigenvalue weighted by molar-refractivity contribution is -0.122. The highest BCUT2D eigenvalue weighted by atomic mass is 16.2. The summed E-state index contributed by atoms with van der Waals surface area (Å²) in [5.74, 6) is -0.734. The Morgan fingerprint density at radius 3 is 2.43 bits per heavy atom. The van der Waals surface area contributed by atoms with Gasteiger partial charge in [-0.25, -0.2) is 0 Å². The molecule has 2 aromatic carbocycles. The molecule has 7 heteroatoms. The number of para-hydroxylation sites is 1. The monoisotopic (exact) mass is 408 g/mol. The first-order chi connectivity index (χ1) is 14.3. The van der Waals surface area contributed by atoms with E-state index in [2.05, 4.69) is 15.5 Å². The Hall–Kier alpha value is -3.19. The minimum absolute atomic E-state index is 0.0719. The quantitative estimate of drug-likeness (QED) is 0.655. The number of nitrogens with one attached hydrogen (secondary N) is 2. The Morgan fingerprint density at radius 1 is 1.07 bits per heavy atom. The van der Waals surface area contributed by atoms with E-state index in [9.17, 15) is 14.4 Å². The van der Waals surface area contributed by atoms with E-state index >= 15 is 0 Å². The van der Waals surface area contributed by atoms with Crippen molar-refractivity contribution in [2.24, 2.45) is 11.7 Å². The smallest absolute Gasteiger partial charge is 0.255 e. The van der Waals surface area contributed by atoms with Gasteiger partial charge in [-0.15, -0.1) is 0 Å². The molecule has 1 aliphatic heterocycles. The number of likely N-dealkylation sites (tertiary alicyclic amines) is 1. The number of anilines is 2. The summed E-state index contributed by atoms with van der Waals surface area (Å²) < 4.78 is 0. The zero-order chi connectivity index (χ0) is 21.7. The molecule has 3 rings (SSSR count). The van der Waals surface area contributed by atoms with Crippen LogP contribution in [0.15, 0.2) is 48.5 Å². The molecule has 1 heterocycles. The zero-order valence-corrected chi connectivity index (χ0v) is 17.4. The molecule has 0 aliphatic carbocycles. The van der Waals surface area contributed by atoms with Crippen molar-refractivity contribution in [1.29, 1.82) is 0 Å². The number of primary amides is 1. The molecule has 0 radical (unpaired) electrons. The number of carbonyl (C=O) groups excluding carboxylic acids is 3. The number of rotatable bonds is 7. The lowest BCUT2D eigenvalue weighted by Crippen LogP contribution is -2.39. The first-order valence-electron chi connectivity index (χ1n) is 10.2. The summed E-state index contributed by atoms with van der Waals surface area (Å²) >= 11 is 0. The molecule has 1 atom stereocenters. The molecule has 3 amide bonds. The van der Waals surface area contributed by atoms with E-state index in [1.54, 1.807) is 24.3 Å². The van der Waals surface area contributed by atoms with Crippen molar-refractivity contribution in [2.75, 3.05) is 17.2 Å². The molecule has 2 aromatic rings. The Balaban J connectivity index is 1.68. The number of nitrogens with two attached hydrogens (primary N) is 1. The van der Waals surface area contributed by atoms with Gasteiger partial charge in [0.15, 0.2) is 0 Å². The Morgan fingerprint density at radius 2 is 1.77 bits per heavy atom. The maximum Gasteiger partial charge on any atom is 0.255 e. The number of hydrogen-bond acceptors (Lipinski definition) is 4. The van der Waals surface area contributed by atoms with Crippen LogP contribution in [-0.2, 0) is 16.1 Å². The second kappa shape index (κ2) is 9.54. The summed E-state index contributed by atoms with van der Waals surface area (Å²) in [6, 6.07) is 14.1. The predicted molar refractivity (Wildman–Crippen MR) is 117 cm³/mol. The molecular weight excluding hydrogens is 380 g/mol. The lowest BCUT2D eigenvalue weighted by Gasteiger charge is -2.23. The lowest BCUT2D eigenvalue weighted by atomic mass is 10.1. The van der Waals surface area contributed by atoms with Gasteiger partial charge in [-0.1, -0.05) is 32.0 Å². The van der Waals surface area contributed by atoms with Crippen LogP contribution < -0.4 is 16.4 Å². The van der Waals surface area contributed by atoms with Gasteiger partial charge in [0.25, 0.3) is 5.91 Å². The van der Waals surface area contributed by atoms with Gasteiger partial charge in [0.05, 0.1) is 6.04 Å². The van der Waals surface area contributed by atoms with Gasteiger partial charge in [-0.3, -0.25) is 19.3 Å². The van der Waals surface area contributed by atoms with Crippen LogP contribution in [0.5, 0.6) is 0 Å². The van der Waals surface area contributed by atoms with Gasteiger partial charge in [0, 0.05) is 29.4 Å². The van der Waals surface area contributed by atoms with Crippen LogP contribution in [0.4, 0.5) is 11.4 Å². The van der Waals surface area contributed by atoms with Crippen LogP contribution in [0.25, 0.3) is 0 Å². The fourth-order valence-electron chi connectivity index (χ4n) is 3.52. The Bertz CT molecular complexity index is 924. The summed E-state index contributed by atoms with van der Waals surface area (Å²) in [6.07, 6.45) is 1.70. The van der Waals surface area contributed by atoms with Crippen LogP contribution in [-0.4, -0.2) is 35.2 Å². The van der Waals surface area contributed by atoms with Crippen LogP contribution in [0, 0.1) is 5.92 Å². The highest BCUT2D eigenvalue weighted by molar-refractivity contribution is 6.05. The van der Waals surface area contributed by atoms with Crippen molar-refractivity contribution in [1.82, 2.24) is 4.90 Å². The first kappa shape index (κ1) is 21.5. The van der Waals surface area contributed by atoms with Crippen LogP contribution >= 0.6 is 0 Å². The molecule has 0 spiro atoms. The van der Waals surface area contributed by atoms with Crippen molar-refractivity contribution in [3.8, 4) is 0 Å². The fraction of sp³-hybridized carbons (Fsp3) is 0.348. The molecule has 4 N–H and O–H groups in total. The fourth-order valence-corrected chi connectivity index (χ4v) is 3.52. The van der Waals surface area contributed by atoms with Crippen LogP contribution in [0.2, 0.25) is 0 Å².